The van der Waals surface area contributed by atoms with Gasteiger partial charge in [0, 0.05) is 26.8 Å². The molecule has 0 fully saturated rings. The molecule has 0 saturated heterocycles. The van der Waals surface area contributed by atoms with Gasteiger partial charge in [0.15, 0.2) is 5.96 Å². The van der Waals surface area contributed by atoms with Crippen LogP contribution in [-0.2, 0) is 16.0 Å². The van der Waals surface area contributed by atoms with Crippen molar-refractivity contribution in [1.82, 2.24) is 10.6 Å². The molecule has 2 N–H and O–H groups in total. The van der Waals surface area contributed by atoms with Gasteiger partial charge in [0.25, 0.3) is 0 Å². The molecule has 0 aliphatic heterocycles. The van der Waals surface area contributed by atoms with Crippen LogP contribution in [0.4, 0.5) is 0 Å². The van der Waals surface area contributed by atoms with Crippen molar-refractivity contribution >= 4 is 35.9 Å². The number of methoxy groups -OCH3 is 1. The molecule has 8 heteroatoms. The van der Waals surface area contributed by atoms with Gasteiger partial charge in [-0.2, -0.15) is 0 Å². The van der Waals surface area contributed by atoms with Crippen molar-refractivity contribution in [3.05, 3.63) is 23.2 Å². The van der Waals surface area contributed by atoms with Gasteiger partial charge >= 0.3 is 5.97 Å². The molecule has 0 aromatic carbocycles. The molecule has 0 aliphatic rings. The SMILES string of the molecule is CCCCOCCCNC(=NC)NCc1cc(C(=O)OC)c(C)o1.I. The highest BCUT2D eigenvalue weighted by atomic mass is 127. The summed E-state index contributed by atoms with van der Waals surface area (Å²) in [6, 6.07) is 1.68. The van der Waals surface area contributed by atoms with E-state index in [1.807, 2.05) is 0 Å². The Kier molecular flexibility index (Phi) is 13.2. The largest absolute Gasteiger partial charge is 0.465 e. The number of nitrogens with one attached hydrogen (secondary N) is 2. The minimum atomic E-state index is -0.395. The Hall–Kier alpha value is -1.29. The number of esters is 1. The number of guanidine groups is 1. The van der Waals surface area contributed by atoms with E-state index in [9.17, 15) is 4.79 Å². The minimum absolute atomic E-state index is 0. The number of hydrogen-bond acceptors (Lipinski definition) is 5. The second kappa shape index (κ2) is 13.9. The van der Waals surface area contributed by atoms with E-state index in [0.717, 1.165) is 39.0 Å². The molecule has 0 radical (unpaired) electrons. The highest BCUT2D eigenvalue weighted by molar-refractivity contribution is 14.0. The Morgan fingerprint density at radius 1 is 1.28 bits per heavy atom. The quantitative estimate of drug-likeness (QED) is 0.181. The van der Waals surface area contributed by atoms with E-state index in [4.69, 9.17) is 13.9 Å². The predicted molar refractivity (Wildman–Crippen MR) is 109 cm³/mol. The topological polar surface area (TPSA) is 85.1 Å². The summed E-state index contributed by atoms with van der Waals surface area (Å²) in [4.78, 5) is 15.7. The van der Waals surface area contributed by atoms with Gasteiger partial charge in [-0.05, 0) is 25.8 Å². The van der Waals surface area contributed by atoms with Gasteiger partial charge in [0.1, 0.15) is 17.1 Å². The monoisotopic (exact) mass is 467 g/mol. The van der Waals surface area contributed by atoms with E-state index in [1.165, 1.54) is 7.11 Å². The molecule has 0 aliphatic carbocycles. The number of carbonyl (C=O) groups is 1. The van der Waals surface area contributed by atoms with Crippen molar-refractivity contribution in [2.75, 3.05) is 33.9 Å². The molecule has 0 amide bonds. The smallest absolute Gasteiger partial charge is 0.341 e. The third-order valence-electron chi connectivity index (χ3n) is 3.43. The molecule has 0 saturated carbocycles. The maximum absolute atomic E-state index is 11.6. The molecule has 1 aromatic heterocycles. The Morgan fingerprint density at radius 3 is 2.64 bits per heavy atom. The molecule has 0 unspecified atom stereocenters. The second-order valence-corrected chi connectivity index (χ2v) is 5.35. The number of nitrogens with zero attached hydrogens (tertiary/aromatic N) is 1. The summed E-state index contributed by atoms with van der Waals surface area (Å²) >= 11 is 0. The number of hydrogen-bond donors (Lipinski definition) is 2. The van der Waals surface area contributed by atoms with E-state index in [0.29, 0.717) is 29.6 Å². The summed E-state index contributed by atoms with van der Waals surface area (Å²) in [5.41, 5.74) is 0.446. The Morgan fingerprint density at radius 2 is 2.00 bits per heavy atom. The average Bonchev–Trinajstić information content (AvgIpc) is 2.96. The van der Waals surface area contributed by atoms with Gasteiger partial charge in [0.05, 0.1) is 13.7 Å². The van der Waals surface area contributed by atoms with Gasteiger partial charge in [-0.15, -0.1) is 24.0 Å². The number of aryl methyl sites for hydroxylation is 1. The van der Waals surface area contributed by atoms with E-state index < -0.39 is 5.97 Å². The van der Waals surface area contributed by atoms with Crippen LogP contribution in [0.15, 0.2) is 15.5 Å². The molecule has 1 rings (SSSR count). The molecule has 1 heterocycles. The first-order chi connectivity index (χ1) is 11.6. The highest BCUT2D eigenvalue weighted by Gasteiger charge is 2.15. The van der Waals surface area contributed by atoms with Crippen LogP contribution in [0.1, 0.15) is 48.1 Å². The highest BCUT2D eigenvalue weighted by Crippen LogP contribution is 2.15. The first-order valence-corrected chi connectivity index (χ1v) is 8.32. The van der Waals surface area contributed by atoms with Crippen molar-refractivity contribution < 1.29 is 18.7 Å². The molecule has 25 heavy (non-hydrogen) atoms. The van der Waals surface area contributed by atoms with Gasteiger partial charge in [-0.3, -0.25) is 4.99 Å². The lowest BCUT2D eigenvalue weighted by Gasteiger charge is -2.11. The van der Waals surface area contributed by atoms with Crippen LogP contribution in [0, 0.1) is 6.92 Å². The first kappa shape index (κ1) is 23.7. The fraction of sp³-hybridized carbons (Fsp3) is 0.647. The summed E-state index contributed by atoms with van der Waals surface area (Å²) < 4.78 is 15.8. The van der Waals surface area contributed by atoms with Crippen LogP contribution in [-0.4, -0.2) is 45.8 Å². The van der Waals surface area contributed by atoms with Crippen LogP contribution < -0.4 is 10.6 Å². The van der Waals surface area contributed by atoms with Crippen molar-refractivity contribution in [2.45, 2.75) is 39.7 Å². The number of rotatable bonds is 10. The number of aliphatic imine (C=N–C) groups is 1. The van der Waals surface area contributed by atoms with Crippen LogP contribution in [0.3, 0.4) is 0 Å². The Bertz CT molecular complexity index is 532. The van der Waals surface area contributed by atoms with E-state index in [1.54, 1.807) is 20.0 Å². The van der Waals surface area contributed by atoms with Crippen molar-refractivity contribution in [1.29, 1.82) is 0 Å². The summed E-state index contributed by atoms with van der Waals surface area (Å²) in [6.45, 7) is 6.66. The third kappa shape index (κ3) is 9.10. The van der Waals surface area contributed by atoms with Gasteiger partial charge in [-0.1, -0.05) is 13.3 Å². The Labute approximate surface area is 166 Å². The van der Waals surface area contributed by atoms with Gasteiger partial charge in [-0.25, -0.2) is 4.79 Å². The van der Waals surface area contributed by atoms with Gasteiger partial charge < -0.3 is 24.5 Å². The van der Waals surface area contributed by atoms with Crippen LogP contribution in [0.25, 0.3) is 0 Å². The molecule has 0 atom stereocenters. The van der Waals surface area contributed by atoms with E-state index in [2.05, 4.69) is 22.5 Å². The number of furan rings is 1. The molecule has 7 nitrogen and oxygen atoms in total. The molecular weight excluding hydrogens is 437 g/mol. The standard InChI is InChI=1S/C17H29N3O4.HI/c1-5-6-9-23-10-7-8-19-17(18-3)20-12-14-11-15(13(2)24-14)16(21)22-4;/h11H,5-10,12H2,1-4H3,(H2,18,19,20);1H. The maximum atomic E-state index is 11.6. The number of halogens is 1. The van der Waals surface area contributed by atoms with Crippen molar-refractivity contribution in [3.8, 4) is 0 Å². The lowest BCUT2D eigenvalue weighted by Crippen LogP contribution is -2.37. The zero-order chi connectivity index (χ0) is 17.8. The maximum Gasteiger partial charge on any atom is 0.341 e. The summed E-state index contributed by atoms with van der Waals surface area (Å²) in [5, 5.41) is 6.36. The van der Waals surface area contributed by atoms with Crippen LogP contribution >= 0.6 is 24.0 Å². The number of carbonyl (C=O) groups excluding carboxylic acids is 1. The summed E-state index contributed by atoms with van der Waals surface area (Å²) in [7, 11) is 3.06. The number of ether oxygens (including phenoxy) is 2. The fourth-order valence-corrected chi connectivity index (χ4v) is 2.06. The fourth-order valence-electron chi connectivity index (χ4n) is 2.06. The van der Waals surface area contributed by atoms with E-state index >= 15 is 0 Å². The molecule has 1 aromatic rings. The zero-order valence-corrected chi connectivity index (χ0v) is 17.8. The van der Waals surface area contributed by atoms with Crippen LogP contribution in [0.5, 0.6) is 0 Å². The van der Waals surface area contributed by atoms with Crippen molar-refractivity contribution in [3.63, 3.8) is 0 Å². The lowest BCUT2D eigenvalue weighted by molar-refractivity contribution is 0.0599. The van der Waals surface area contributed by atoms with E-state index in [-0.39, 0.29) is 24.0 Å². The summed E-state index contributed by atoms with van der Waals surface area (Å²) in [5.74, 6) is 1.48. The molecule has 144 valence electrons. The molecular formula is C17H30IN3O4. The van der Waals surface area contributed by atoms with Crippen LogP contribution in [0.2, 0.25) is 0 Å². The normalized spacial score (nSPS) is 11.0. The minimum Gasteiger partial charge on any atom is -0.465 e. The Balaban J connectivity index is 0.00000576. The molecule has 0 spiro atoms. The average molecular weight is 467 g/mol. The summed E-state index contributed by atoms with van der Waals surface area (Å²) in [6.07, 6.45) is 3.17. The van der Waals surface area contributed by atoms with Gasteiger partial charge in [0.2, 0.25) is 0 Å². The van der Waals surface area contributed by atoms with Crippen molar-refractivity contribution in [2.24, 2.45) is 4.99 Å². The predicted octanol–water partition coefficient (Wildman–Crippen LogP) is 2.86. The third-order valence-corrected chi connectivity index (χ3v) is 3.43. The molecule has 0 bridgehead atoms. The number of unbranched alkanes of at least 4 members (excludes halogenated alkanes) is 1. The lowest BCUT2D eigenvalue weighted by atomic mass is 10.2. The second-order valence-electron chi connectivity index (χ2n) is 5.35. The zero-order valence-electron chi connectivity index (χ0n) is 15.5. The first-order valence-electron chi connectivity index (χ1n) is 8.32.